The molecular weight excluding hydrogens is 278 g/mol. The van der Waals surface area contributed by atoms with Crippen LogP contribution in [0.1, 0.15) is 21.7 Å². The number of aromatic carboxylic acids is 1. The van der Waals surface area contributed by atoms with E-state index in [2.05, 4.69) is 15.3 Å². The summed E-state index contributed by atoms with van der Waals surface area (Å²) < 4.78 is 0. The average molecular weight is 290 g/mol. The van der Waals surface area contributed by atoms with Crippen LogP contribution in [0.5, 0.6) is 0 Å². The summed E-state index contributed by atoms with van der Waals surface area (Å²) in [5, 5.41) is 13.0. The van der Waals surface area contributed by atoms with Crippen LogP contribution in [0.2, 0.25) is 5.02 Å². The minimum atomic E-state index is -1.04. The maximum Gasteiger partial charge on any atom is 0.354 e. The van der Waals surface area contributed by atoms with Crippen LogP contribution in [0.3, 0.4) is 0 Å². The quantitative estimate of drug-likeness (QED) is 0.886. The average Bonchev–Trinajstić information content (AvgIpc) is 2.46. The molecule has 0 unspecified atom stereocenters. The third kappa shape index (κ3) is 2.26. The van der Waals surface area contributed by atoms with Crippen molar-refractivity contribution in [2.75, 3.05) is 6.54 Å². The molecule has 1 aliphatic heterocycles. The molecular formula is C14H12ClN3O2. The molecule has 2 N–H and O–H groups in total. The standard InChI is InChI=1S/C14H12ClN3O2/c15-10-4-2-1-3-8(10)13-17-11-5-6-16-7-9(11)12(18-13)14(19)20/h1-4,16H,5-7H2,(H,19,20). The number of hydrogen-bond acceptors (Lipinski definition) is 4. The molecule has 0 saturated carbocycles. The van der Waals surface area contributed by atoms with E-state index in [4.69, 9.17) is 11.6 Å². The molecule has 102 valence electrons. The van der Waals surface area contributed by atoms with Gasteiger partial charge in [-0.2, -0.15) is 0 Å². The Balaban J connectivity index is 2.20. The Kier molecular flexibility index (Phi) is 3.38. The highest BCUT2D eigenvalue weighted by atomic mass is 35.5. The normalized spacial score (nSPS) is 13.8. The van der Waals surface area contributed by atoms with Crippen molar-refractivity contribution < 1.29 is 9.90 Å². The smallest absolute Gasteiger partial charge is 0.354 e. The van der Waals surface area contributed by atoms with E-state index in [1.165, 1.54) is 0 Å². The van der Waals surface area contributed by atoms with Crippen molar-refractivity contribution in [3.8, 4) is 11.4 Å². The van der Waals surface area contributed by atoms with Gasteiger partial charge in [0.2, 0.25) is 0 Å². The second-order valence-corrected chi connectivity index (χ2v) is 4.94. The topological polar surface area (TPSA) is 75.1 Å². The van der Waals surface area contributed by atoms with Gasteiger partial charge in [0.25, 0.3) is 0 Å². The van der Waals surface area contributed by atoms with E-state index < -0.39 is 5.97 Å². The fraction of sp³-hybridized carbons (Fsp3) is 0.214. The summed E-state index contributed by atoms with van der Waals surface area (Å²) in [5.41, 5.74) is 2.15. The Labute approximate surface area is 120 Å². The highest BCUT2D eigenvalue weighted by molar-refractivity contribution is 6.33. The van der Waals surface area contributed by atoms with E-state index in [9.17, 15) is 9.90 Å². The lowest BCUT2D eigenvalue weighted by atomic mass is 10.0. The first-order valence-electron chi connectivity index (χ1n) is 6.25. The highest BCUT2D eigenvalue weighted by Crippen LogP contribution is 2.27. The van der Waals surface area contributed by atoms with Crippen molar-refractivity contribution in [2.45, 2.75) is 13.0 Å². The Morgan fingerprint density at radius 3 is 2.85 bits per heavy atom. The van der Waals surface area contributed by atoms with Crippen LogP contribution in [0.4, 0.5) is 0 Å². The second kappa shape index (κ2) is 5.19. The number of rotatable bonds is 2. The first-order chi connectivity index (χ1) is 9.66. The van der Waals surface area contributed by atoms with E-state index in [0.717, 1.165) is 12.2 Å². The van der Waals surface area contributed by atoms with Gasteiger partial charge in [-0.25, -0.2) is 14.8 Å². The monoisotopic (exact) mass is 289 g/mol. The lowest BCUT2D eigenvalue weighted by Gasteiger charge is -2.18. The summed E-state index contributed by atoms with van der Waals surface area (Å²) >= 11 is 6.13. The van der Waals surface area contributed by atoms with Gasteiger partial charge in [0, 0.05) is 30.6 Å². The Hall–Kier alpha value is -1.98. The van der Waals surface area contributed by atoms with Gasteiger partial charge in [-0.1, -0.05) is 23.7 Å². The van der Waals surface area contributed by atoms with Gasteiger partial charge in [0.15, 0.2) is 11.5 Å². The third-order valence-corrected chi connectivity index (χ3v) is 3.58. The van der Waals surface area contributed by atoms with Gasteiger partial charge in [-0.05, 0) is 12.1 Å². The van der Waals surface area contributed by atoms with Crippen LogP contribution in [0.25, 0.3) is 11.4 Å². The number of fused-ring (bicyclic) bond motifs is 1. The number of benzene rings is 1. The number of carboxylic acid groups (broad SMARTS) is 1. The molecule has 0 fully saturated rings. The Morgan fingerprint density at radius 2 is 2.10 bits per heavy atom. The van der Waals surface area contributed by atoms with Crippen LogP contribution >= 0.6 is 11.6 Å². The highest BCUT2D eigenvalue weighted by Gasteiger charge is 2.22. The number of aromatic nitrogens is 2. The Bertz CT molecular complexity index is 688. The molecule has 0 bridgehead atoms. The predicted octanol–water partition coefficient (Wildman–Crippen LogP) is 2.14. The number of hydrogen-bond donors (Lipinski definition) is 2. The Morgan fingerprint density at radius 1 is 1.30 bits per heavy atom. The summed E-state index contributed by atoms with van der Waals surface area (Å²) in [5.74, 6) is -0.672. The molecule has 0 amide bonds. The molecule has 20 heavy (non-hydrogen) atoms. The van der Waals surface area contributed by atoms with Crippen LogP contribution < -0.4 is 5.32 Å². The third-order valence-electron chi connectivity index (χ3n) is 3.25. The number of halogens is 1. The number of nitrogens with zero attached hydrogens (tertiary/aromatic N) is 2. The van der Waals surface area contributed by atoms with E-state index >= 15 is 0 Å². The molecule has 1 aliphatic rings. The molecule has 2 aromatic rings. The molecule has 0 spiro atoms. The summed E-state index contributed by atoms with van der Waals surface area (Å²) in [6.45, 7) is 1.27. The first-order valence-corrected chi connectivity index (χ1v) is 6.63. The van der Waals surface area contributed by atoms with E-state index in [0.29, 0.717) is 34.9 Å². The molecule has 0 saturated heterocycles. The fourth-order valence-electron chi connectivity index (χ4n) is 2.28. The SMILES string of the molecule is O=C(O)c1nc(-c2ccccc2Cl)nc2c1CNCC2. The predicted molar refractivity (Wildman–Crippen MR) is 74.8 cm³/mol. The zero-order chi connectivity index (χ0) is 14.1. The van der Waals surface area contributed by atoms with Gasteiger partial charge in [-0.15, -0.1) is 0 Å². The summed E-state index contributed by atoms with van der Waals surface area (Å²) in [4.78, 5) is 20.1. The van der Waals surface area contributed by atoms with Crippen LogP contribution in [0.15, 0.2) is 24.3 Å². The van der Waals surface area contributed by atoms with Gasteiger partial charge in [0.05, 0.1) is 10.7 Å². The van der Waals surface area contributed by atoms with E-state index in [-0.39, 0.29) is 5.69 Å². The van der Waals surface area contributed by atoms with Crippen molar-refractivity contribution in [3.63, 3.8) is 0 Å². The maximum atomic E-state index is 11.4. The van der Waals surface area contributed by atoms with Gasteiger partial charge >= 0.3 is 5.97 Å². The van der Waals surface area contributed by atoms with Gasteiger partial charge in [-0.3, -0.25) is 0 Å². The summed E-state index contributed by atoms with van der Waals surface area (Å²) in [6, 6.07) is 7.16. The lowest BCUT2D eigenvalue weighted by molar-refractivity contribution is 0.0688. The van der Waals surface area contributed by atoms with Crippen molar-refractivity contribution in [1.82, 2.24) is 15.3 Å². The van der Waals surface area contributed by atoms with Crippen LogP contribution in [0, 0.1) is 0 Å². The second-order valence-electron chi connectivity index (χ2n) is 4.53. The van der Waals surface area contributed by atoms with Crippen LogP contribution in [-0.2, 0) is 13.0 Å². The zero-order valence-electron chi connectivity index (χ0n) is 10.6. The molecule has 6 heteroatoms. The fourth-order valence-corrected chi connectivity index (χ4v) is 2.50. The summed E-state index contributed by atoms with van der Waals surface area (Å²) in [6.07, 6.45) is 0.690. The van der Waals surface area contributed by atoms with Crippen molar-refractivity contribution >= 4 is 17.6 Å². The van der Waals surface area contributed by atoms with Crippen molar-refractivity contribution in [1.29, 1.82) is 0 Å². The van der Waals surface area contributed by atoms with Crippen molar-refractivity contribution in [3.05, 3.63) is 46.2 Å². The molecule has 0 radical (unpaired) electrons. The molecule has 1 aromatic heterocycles. The molecule has 0 aliphatic carbocycles. The summed E-state index contributed by atoms with van der Waals surface area (Å²) in [7, 11) is 0. The first kappa shape index (κ1) is 13.0. The minimum absolute atomic E-state index is 0.0529. The lowest BCUT2D eigenvalue weighted by Crippen LogP contribution is -2.28. The molecule has 0 atom stereocenters. The van der Waals surface area contributed by atoms with Crippen LogP contribution in [-0.4, -0.2) is 27.6 Å². The number of carboxylic acids is 1. The molecule has 3 rings (SSSR count). The van der Waals surface area contributed by atoms with E-state index in [1.54, 1.807) is 12.1 Å². The zero-order valence-corrected chi connectivity index (χ0v) is 11.3. The largest absolute Gasteiger partial charge is 0.476 e. The minimum Gasteiger partial charge on any atom is -0.476 e. The van der Waals surface area contributed by atoms with Gasteiger partial charge < -0.3 is 10.4 Å². The number of carbonyl (C=O) groups is 1. The van der Waals surface area contributed by atoms with Crippen molar-refractivity contribution in [2.24, 2.45) is 0 Å². The maximum absolute atomic E-state index is 11.4. The molecule has 1 aromatic carbocycles. The molecule has 2 heterocycles. The van der Waals surface area contributed by atoms with E-state index in [1.807, 2.05) is 12.1 Å². The van der Waals surface area contributed by atoms with Gasteiger partial charge in [0.1, 0.15) is 0 Å². The number of nitrogens with one attached hydrogen (secondary N) is 1. The molecule has 5 nitrogen and oxygen atoms in total.